The number of fused-ring (bicyclic) bond motifs is 1. The van der Waals surface area contributed by atoms with Crippen LogP contribution >= 0.6 is 0 Å². The minimum absolute atomic E-state index is 0.141. The van der Waals surface area contributed by atoms with Gasteiger partial charge in [0.05, 0.1) is 0 Å². The van der Waals surface area contributed by atoms with Crippen LogP contribution in [0.1, 0.15) is 11.1 Å². The van der Waals surface area contributed by atoms with Crippen LogP contribution in [0.5, 0.6) is 5.75 Å². The van der Waals surface area contributed by atoms with Gasteiger partial charge in [0.15, 0.2) is 0 Å². The van der Waals surface area contributed by atoms with Gasteiger partial charge in [0.1, 0.15) is 22.5 Å². The summed E-state index contributed by atoms with van der Waals surface area (Å²) in [4.78, 5) is 1.44. The third-order valence-corrected chi connectivity index (χ3v) is 3.03. The Morgan fingerprint density at radius 3 is 2.28 bits per heavy atom. The van der Waals surface area contributed by atoms with Gasteiger partial charge in [-0.2, -0.15) is 0 Å². The Balaban J connectivity index is 2.23. The van der Waals surface area contributed by atoms with Gasteiger partial charge in [-0.25, -0.2) is 0 Å². The van der Waals surface area contributed by atoms with Crippen LogP contribution in [-0.2, 0) is 0 Å². The van der Waals surface area contributed by atoms with Crippen LogP contribution in [0.3, 0.4) is 0 Å². The van der Waals surface area contributed by atoms with Crippen LogP contribution in [0.2, 0.25) is 0 Å². The monoisotopic (exact) mass is 238 g/mol. The summed E-state index contributed by atoms with van der Waals surface area (Å²) in [5.41, 5.74) is 4.53. The largest absolute Gasteiger partial charge is 0.506 e. The molecule has 0 aliphatic carbocycles. The van der Waals surface area contributed by atoms with Gasteiger partial charge in [-0.3, -0.25) is 0 Å². The van der Waals surface area contributed by atoms with Crippen molar-refractivity contribution < 1.29 is 5.11 Å². The van der Waals surface area contributed by atoms with Crippen molar-refractivity contribution in [3.05, 3.63) is 47.5 Å². The molecule has 0 fully saturated rings. The average molecular weight is 238 g/mol. The molecule has 1 aromatic heterocycles. The van der Waals surface area contributed by atoms with E-state index in [-0.39, 0.29) is 5.75 Å². The third kappa shape index (κ3) is 1.62. The van der Waals surface area contributed by atoms with Gasteiger partial charge >= 0.3 is 0 Å². The fourth-order valence-electron chi connectivity index (χ4n) is 1.85. The number of phenols is 1. The highest BCUT2D eigenvalue weighted by Crippen LogP contribution is 2.21. The van der Waals surface area contributed by atoms with E-state index >= 15 is 0 Å². The van der Waals surface area contributed by atoms with Crippen molar-refractivity contribution in [3.8, 4) is 11.4 Å². The molecule has 1 heterocycles. The molecule has 0 atom stereocenters. The fraction of sp³-hybridized carbons (Fsp3) is 0.143. The van der Waals surface area contributed by atoms with Gasteiger partial charge in [0, 0.05) is 0 Å². The summed E-state index contributed by atoms with van der Waals surface area (Å²) in [5.74, 6) is 0.141. The zero-order valence-electron chi connectivity index (χ0n) is 10.2. The first-order chi connectivity index (χ1) is 8.65. The third-order valence-electron chi connectivity index (χ3n) is 3.03. The molecule has 0 saturated heterocycles. The van der Waals surface area contributed by atoms with Gasteiger partial charge < -0.3 is 5.11 Å². The van der Waals surface area contributed by atoms with Crippen LogP contribution in [0.4, 0.5) is 0 Å². The Morgan fingerprint density at radius 1 is 1.11 bits per heavy atom. The molecule has 1 radical (unpaired) electrons. The highest BCUT2D eigenvalue weighted by molar-refractivity contribution is 5.76. The van der Waals surface area contributed by atoms with Crippen molar-refractivity contribution in [1.29, 1.82) is 0 Å². The van der Waals surface area contributed by atoms with Crippen LogP contribution in [0.15, 0.2) is 30.3 Å². The van der Waals surface area contributed by atoms with Gasteiger partial charge in [-0.05, 0) is 55.3 Å². The number of phenolic OH excluding ortho intramolecular Hbond substituents is 1. The van der Waals surface area contributed by atoms with Crippen molar-refractivity contribution in [1.82, 2.24) is 15.0 Å². The molecule has 89 valence electrons. The second-order valence-electron chi connectivity index (χ2n) is 4.33. The lowest BCUT2D eigenvalue weighted by atomic mass is 10.1. The van der Waals surface area contributed by atoms with Gasteiger partial charge in [0.2, 0.25) is 0 Å². The summed E-state index contributed by atoms with van der Waals surface area (Å²) in [6, 6.07) is 11.8. The van der Waals surface area contributed by atoms with E-state index in [1.807, 2.05) is 26.0 Å². The van der Waals surface area contributed by atoms with E-state index in [1.54, 1.807) is 18.2 Å². The smallest absolute Gasteiger partial charge is 0.143 e. The van der Waals surface area contributed by atoms with Crippen molar-refractivity contribution in [2.75, 3.05) is 0 Å². The first-order valence-corrected chi connectivity index (χ1v) is 5.69. The van der Waals surface area contributed by atoms with E-state index < -0.39 is 0 Å². The number of nitrogens with zero attached hydrogens (tertiary/aromatic N) is 3. The highest BCUT2D eigenvalue weighted by Gasteiger charge is 2.09. The summed E-state index contributed by atoms with van der Waals surface area (Å²) >= 11 is 0. The Bertz CT molecular complexity index is 692. The maximum absolute atomic E-state index is 9.78. The highest BCUT2D eigenvalue weighted by atomic mass is 16.3. The maximum atomic E-state index is 9.78. The first kappa shape index (κ1) is 10.8. The molecule has 0 aliphatic rings. The number of aryl methyl sites for hydroxylation is 2. The van der Waals surface area contributed by atoms with Crippen LogP contribution in [-0.4, -0.2) is 20.1 Å². The number of rotatable bonds is 1. The molecule has 1 N–H and O–H groups in total. The molecule has 0 amide bonds. The Morgan fingerprint density at radius 2 is 1.72 bits per heavy atom. The van der Waals surface area contributed by atoms with Crippen LogP contribution in [0.25, 0.3) is 16.7 Å². The molecular weight excluding hydrogens is 226 g/mol. The molecule has 4 heteroatoms. The van der Waals surface area contributed by atoms with Crippen LogP contribution in [0, 0.1) is 19.9 Å². The SMILES string of the molecule is Cc1cc2nn(-c3c[c]ccc3O)nc2cc1C. The molecule has 0 aliphatic heterocycles. The van der Waals surface area contributed by atoms with E-state index in [1.165, 1.54) is 15.9 Å². The van der Waals surface area contributed by atoms with Crippen molar-refractivity contribution in [2.45, 2.75) is 13.8 Å². The first-order valence-electron chi connectivity index (χ1n) is 5.69. The Hall–Kier alpha value is -2.36. The molecule has 0 unspecified atom stereocenters. The number of benzene rings is 2. The standard InChI is InChI=1S/C14H12N3O/c1-9-7-11-12(8-10(9)2)16-17(15-11)13-5-3-4-6-14(13)18/h4-8,18H,1-2H3. The van der Waals surface area contributed by atoms with E-state index in [0.717, 1.165) is 11.0 Å². The zero-order valence-corrected chi connectivity index (χ0v) is 10.2. The molecule has 4 nitrogen and oxygen atoms in total. The van der Waals surface area contributed by atoms with Crippen molar-refractivity contribution in [3.63, 3.8) is 0 Å². The summed E-state index contributed by atoms with van der Waals surface area (Å²) < 4.78 is 0. The fourth-order valence-corrected chi connectivity index (χ4v) is 1.85. The van der Waals surface area contributed by atoms with E-state index in [2.05, 4.69) is 16.3 Å². The van der Waals surface area contributed by atoms with E-state index in [0.29, 0.717) is 5.69 Å². The summed E-state index contributed by atoms with van der Waals surface area (Å²) in [6.45, 7) is 4.09. The van der Waals surface area contributed by atoms with Crippen molar-refractivity contribution in [2.24, 2.45) is 0 Å². The molecule has 18 heavy (non-hydrogen) atoms. The van der Waals surface area contributed by atoms with Gasteiger partial charge in [0.25, 0.3) is 0 Å². The predicted molar refractivity (Wildman–Crippen MR) is 68.8 cm³/mol. The molecule has 0 spiro atoms. The number of hydrogen-bond donors (Lipinski definition) is 1. The average Bonchev–Trinajstić information content (AvgIpc) is 2.73. The topological polar surface area (TPSA) is 50.9 Å². The Labute approximate surface area is 104 Å². The lowest BCUT2D eigenvalue weighted by molar-refractivity contribution is 0.468. The molecular formula is C14H12N3O. The molecule has 3 rings (SSSR count). The lowest BCUT2D eigenvalue weighted by Gasteiger charge is -2.00. The number of aromatic hydroxyl groups is 1. The quantitative estimate of drug-likeness (QED) is 0.708. The molecule has 0 bridgehead atoms. The summed E-state index contributed by atoms with van der Waals surface area (Å²) in [6.07, 6.45) is 0. The predicted octanol–water partition coefficient (Wildman–Crippen LogP) is 2.54. The summed E-state index contributed by atoms with van der Waals surface area (Å²) in [7, 11) is 0. The van der Waals surface area contributed by atoms with Crippen LogP contribution < -0.4 is 0 Å². The lowest BCUT2D eigenvalue weighted by Crippen LogP contribution is -1.98. The minimum Gasteiger partial charge on any atom is -0.506 e. The molecule has 3 aromatic rings. The number of hydrogen-bond acceptors (Lipinski definition) is 3. The van der Waals surface area contributed by atoms with Gasteiger partial charge in [-0.15, -0.1) is 15.0 Å². The molecule has 0 saturated carbocycles. The molecule has 2 aromatic carbocycles. The number of aromatic nitrogens is 3. The second kappa shape index (κ2) is 3.84. The maximum Gasteiger partial charge on any atom is 0.143 e. The zero-order chi connectivity index (χ0) is 12.7. The van der Waals surface area contributed by atoms with E-state index in [4.69, 9.17) is 0 Å². The second-order valence-corrected chi connectivity index (χ2v) is 4.33. The van der Waals surface area contributed by atoms with Gasteiger partial charge in [-0.1, -0.05) is 6.07 Å². The normalized spacial score (nSPS) is 11.0. The summed E-state index contributed by atoms with van der Waals surface area (Å²) in [5, 5.41) is 18.5. The van der Waals surface area contributed by atoms with Crippen molar-refractivity contribution >= 4 is 11.0 Å². The minimum atomic E-state index is 0.141. The van der Waals surface area contributed by atoms with E-state index in [9.17, 15) is 5.11 Å². The Kier molecular flexibility index (Phi) is 2.30.